The van der Waals surface area contributed by atoms with E-state index in [0.717, 1.165) is 11.1 Å². The number of aliphatic carboxylic acids is 1. The fourth-order valence-corrected chi connectivity index (χ4v) is 2.06. The van der Waals surface area contributed by atoms with Gasteiger partial charge in [-0.3, -0.25) is 9.59 Å². The first-order valence-corrected chi connectivity index (χ1v) is 8.09. The van der Waals surface area contributed by atoms with E-state index in [4.69, 9.17) is 15.5 Å². The van der Waals surface area contributed by atoms with Crippen LogP contribution in [0.25, 0.3) is 0 Å². The van der Waals surface area contributed by atoms with Crippen LogP contribution in [-0.2, 0) is 22.7 Å². The van der Waals surface area contributed by atoms with E-state index < -0.39 is 11.9 Å². The number of nitrogens with one attached hydrogen (secondary N) is 2. The zero-order valence-electron chi connectivity index (χ0n) is 14.0. The molecule has 134 valence electrons. The summed E-state index contributed by atoms with van der Waals surface area (Å²) in [7, 11) is 0. The lowest BCUT2D eigenvalue weighted by molar-refractivity contribution is -0.137. The van der Waals surface area contributed by atoms with Crippen molar-refractivity contribution in [1.29, 1.82) is 5.26 Å². The zero-order chi connectivity index (χ0) is 18.5. The third-order valence-corrected chi connectivity index (χ3v) is 3.48. The number of amides is 1. The number of carboxylic acid groups (broad SMARTS) is 1. The standard InChI is InChI=1S/C18H23N3O4/c19-10-16(18(25)21-9-3-1-2-4-17(23)24)12-20-11-14-5-7-15(13-22)8-6-14/h5-8,12,20,22H,1-4,9,11,13H2,(H,21,25)(H,23,24)/b16-12-. The van der Waals surface area contributed by atoms with Gasteiger partial charge in [0, 0.05) is 25.7 Å². The monoisotopic (exact) mass is 345 g/mol. The van der Waals surface area contributed by atoms with Crippen LogP contribution >= 0.6 is 0 Å². The summed E-state index contributed by atoms with van der Waals surface area (Å²) in [5.74, 6) is -1.28. The van der Waals surface area contributed by atoms with Gasteiger partial charge in [0.05, 0.1) is 6.61 Å². The first-order chi connectivity index (χ1) is 12.1. The lowest BCUT2D eigenvalue weighted by atomic mass is 10.1. The van der Waals surface area contributed by atoms with Crippen LogP contribution in [0.5, 0.6) is 0 Å². The number of benzene rings is 1. The van der Waals surface area contributed by atoms with Gasteiger partial charge >= 0.3 is 5.97 Å². The molecule has 0 saturated carbocycles. The van der Waals surface area contributed by atoms with Crippen molar-refractivity contribution < 1.29 is 19.8 Å². The van der Waals surface area contributed by atoms with E-state index in [-0.39, 0.29) is 18.6 Å². The molecule has 0 saturated heterocycles. The van der Waals surface area contributed by atoms with Crippen molar-refractivity contribution in [3.05, 3.63) is 47.2 Å². The number of carboxylic acids is 1. The SMILES string of the molecule is N#C/C(=C/NCc1ccc(CO)cc1)C(=O)NCCCCCC(=O)O. The van der Waals surface area contributed by atoms with Crippen LogP contribution in [0.15, 0.2) is 36.0 Å². The van der Waals surface area contributed by atoms with Gasteiger partial charge < -0.3 is 20.8 Å². The van der Waals surface area contributed by atoms with Crippen molar-refractivity contribution in [2.45, 2.75) is 38.8 Å². The minimum atomic E-state index is -0.823. The highest BCUT2D eigenvalue weighted by molar-refractivity contribution is 5.97. The smallest absolute Gasteiger partial charge is 0.303 e. The zero-order valence-corrected chi connectivity index (χ0v) is 14.0. The van der Waals surface area contributed by atoms with Crippen LogP contribution < -0.4 is 10.6 Å². The molecule has 0 heterocycles. The molecule has 4 N–H and O–H groups in total. The summed E-state index contributed by atoms with van der Waals surface area (Å²) in [5, 5.41) is 32.1. The number of nitriles is 1. The fraction of sp³-hybridized carbons (Fsp3) is 0.389. The Morgan fingerprint density at radius 1 is 1.12 bits per heavy atom. The van der Waals surface area contributed by atoms with Gasteiger partial charge in [-0.25, -0.2) is 0 Å². The van der Waals surface area contributed by atoms with E-state index in [9.17, 15) is 9.59 Å². The minimum Gasteiger partial charge on any atom is -0.481 e. The molecular weight excluding hydrogens is 322 g/mol. The maximum atomic E-state index is 11.9. The summed E-state index contributed by atoms with van der Waals surface area (Å²) in [6.07, 6.45) is 3.45. The largest absolute Gasteiger partial charge is 0.481 e. The number of unbranched alkanes of at least 4 members (excludes halogenated alkanes) is 2. The molecule has 0 aliphatic carbocycles. The molecule has 25 heavy (non-hydrogen) atoms. The van der Waals surface area contributed by atoms with Gasteiger partial charge in [0.25, 0.3) is 5.91 Å². The summed E-state index contributed by atoms with van der Waals surface area (Å²) in [6, 6.07) is 9.18. The molecule has 0 aromatic heterocycles. The molecule has 0 atom stereocenters. The van der Waals surface area contributed by atoms with E-state index in [1.54, 1.807) is 0 Å². The quantitative estimate of drug-likeness (QED) is 0.273. The second kappa shape index (κ2) is 11.6. The van der Waals surface area contributed by atoms with Crippen molar-refractivity contribution >= 4 is 11.9 Å². The maximum Gasteiger partial charge on any atom is 0.303 e. The Hall–Kier alpha value is -2.85. The van der Waals surface area contributed by atoms with E-state index in [1.165, 1.54) is 6.20 Å². The average molecular weight is 345 g/mol. The van der Waals surface area contributed by atoms with Crippen LogP contribution in [0, 0.1) is 11.3 Å². The number of carbonyl (C=O) groups is 2. The number of hydrogen-bond donors (Lipinski definition) is 4. The van der Waals surface area contributed by atoms with E-state index in [1.807, 2.05) is 30.3 Å². The first kappa shape index (κ1) is 20.2. The van der Waals surface area contributed by atoms with Crippen molar-refractivity contribution in [3.63, 3.8) is 0 Å². The number of nitrogens with zero attached hydrogens (tertiary/aromatic N) is 1. The Bertz CT molecular complexity index is 633. The first-order valence-electron chi connectivity index (χ1n) is 8.09. The van der Waals surface area contributed by atoms with Crippen molar-refractivity contribution in [2.24, 2.45) is 0 Å². The molecule has 0 unspecified atom stereocenters. The van der Waals surface area contributed by atoms with Gasteiger partial charge in [-0.2, -0.15) is 5.26 Å². The Kier molecular flexibility index (Phi) is 9.41. The molecule has 0 aliphatic heterocycles. The average Bonchev–Trinajstić information content (AvgIpc) is 2.61. The van der Waals surface area contributed by atoms with Crippen molar-refractivity contribution in [1.82, 2.24) is 10.6 Å². The molecule has 1 rings (SSSR count). The van der Waals surface area contributed by atoms with Crippen LogP contribution in [0.1, 0.15) is 36.8 Å². The highest BCUT2D eigenvalue weighted by atomic mass is 16.4. The number of rotatable bonds is 11. The van der Waals surface area contributed by atoms with Crippen LogP contribution in [0.3, 0.4) is 0 Å². The number of aliphatic hydroxyl groups excluding tert-OH is 1. The van der Waals surface area contributed by atoms with E-state index >= 15 is 0 Å². The summed E-state index contributed by atoms with van der Waals surface area (Å²) in [4.78, 5) is 22.2. The minimum absolute atomic E-state index is 0.0112. The number of carbonyl (C=O) groups excluding carboxylic acids is 1. The topological polar surface area (TPSA) is 122 Å². The molecule has 7 heteroatoms. The number of hydrogen-bond acceptors (Lipinski definition) is 5. The normalized spacial score (nSPS) is 10.8. The molecule has 0 bridgehead atoms. The number of aliphatic hydroxyl groups is 1. The predicted molar refractivity (Wildman–Crippen MR) is 92.0 cm³/mol. The second-order valence-electron chi connectivity index (χ2n) is 5.49. The second-order valence-corrected chi connectivity index (χ2v) is 5.49. The summed E-state index contributed by atoms with van der Waals surface area (Å²) in [5.41, 5.74) is 1.77. The van der Waals surface area contributed by atoms with Gasteiger partial charge in [0.2, 0.25) is 0 Å². The summed E-state index contributed by atoms with van der Waals surface area (Å²) < 4.78 is 0. The Morgan fingerprint density at radius 3 is 2.40 bits per heavy atom. The van der Waals surface area contributed by atoms with Gasteiger partial charge in [0.15, 0.2) is 0 Å². The van der Waals surface area contributed by atoms with E-state index in [0.29, 0.717) is 32.4 Å². The van der Waals surface area contributed by atoms with Gasteiger partial charge in [-0.1, -0.05) is 30.7 Å². The molecule has 0 radical (unpaired) electrons. The lowest BCUT2D eigenvalue weighted by Crippen LogP contribution is -2.26. The van der Waals surface area contributed by atoms with E-state index in [2.05, 4.69) is 10.6 Å². The van der Waals surface area contributed by atoms with Crippen LogP contribution in [0.2, 0.25) is 0 Å². The molecule has 1 aromatic carbocycles. The highest BCUT2D eigenvalue weighted by Crippen LogP contribution is 2.04. The molecule has 0 spiro atoms. The lowest BCUT2D eigenvalue weighted by Gasteiger charge is -2.06. The van der Waals surface area contributed by atoms with Gasteiger partial charge in [-0.15, -0.1) is 0 Å². The summed E-state index contributed by atoms with van der Waals surface area (Å²) >= 11 is 0. The van der Waals surface area contributed by atoms with Crippen molar-refractivity contribution in [3.8, 4) is 6.07 Å². The van der Waals surface area contributed by atoms with Crippen LogP contribution in [0.4, 0.5) is 0 Å². The molecule has 7 nitrogen and oxygen atoms in total. The molecule has 1 aromatic rings. The molecular formula is C18H23N3O4. The predicted octanol–water partition coefficient (Wildman–Crippen LogP) is 1.44. The van der Waals surface area contributed by atoms with Gasteiger partial charge in [-0.05, 0) is 24.0 Å². The Morgan fingerprint density at radius 2 is 1.80 bits per heavy atom. The van der Waals surface area contributed by atoms with Crippen LogP contribution in [-0.4, -0.2) is 28.6 Å². The third-order valence-electron chi connectivity index (χ3n) is 3.48. The molecule has 0 fully saturated rings. The Balaban J connectivity index is 2.32. The van der Waals surface area contributed by atoms with Crippen molar-refractivity contribution in [2.75, 3.05) is 6.54 Å². The van der Waals surface area contributed by atoms with Gasteiger partial charge in [0.1, 0.15) is 11.6 Å². The highest BCUT2D eigenvalue weighted by Gasteiger charge is 2.07. The fourth-order valence-electron chi connectivity index (χ4n) is 2.06. The molecule has 1 amide bonds. The summed E-state index contributed by atoms with van der Waals surface area (Å²) in [6.45, 7) is 0.849. The molecule has 0 aliphatic rings. The Labute approximate surface area is 147 Å². The third kappa shape index (κ3) is 8.53. The maximum absolute atomic E-state index is 11.9.